The van der Waals surface area contributed by atoms with Crippen LogP contribution >= 0.6 is 0 Å². The Morgan fingerprint density at radius 3 is 2.67 bits per heavy atom. The maximum Gasteiger partial charge on any atom is 0.116 e. The zero-order valence-corrected chi connectivity index (χ0v) is 7.41. The minimum atomic E-state index is -0.634. The maximum atomic E-state index is 9.53. The minimum Gasteiger partial charge on any atom is -0.382 e. The van der Waals surface area contributed by atoms with E-state index in [0.717, 1.165) is 5.56 Å². The maximum absolute atomic E-state index is 9.53. The molecule has 1 rings (SSSR count). The number of hydrogen-bond donors (Lipinski definition) is 1. The highest BCUT2D eigenvalue weighted by molar-refractivity contribution is 5.19. The Morgan fingerprint density at radius 1 is 1.58 bits per heavy atom. The lowest BCUT2D eigenvalue weighted by Crippen LogP contribution is -2.00. The van der Waals surface area contributed by atoms with Crippen LogP contribution in [0.4, 0.5) is 0 Å². The average molecular weight is 163 g/mol. The number of aliphatic hydroxyl groups excluding tert-OH is 1. The average Bonchev–Trinajstić information content (AvgIpc) is 2.04. The van der Waals surface area contributed by atoms with Crippen LogP contribution in [-0.2, 0) is 0 Å². The Bertz CT molecular complexity index is 276. The summed E-state index contributed by atoms with van der Waals surface area (Å²) in [6.07, 6.45) is 1.10. The van der Waals surface area contributed by atoms with Crippen molar-refractivity contribution in [1.29, 1.82) is 0 Å². The van der Waals surface area contributed by atoms with Crippen molar-refractivity contribution in [3.05, 3.63) is 41.7 Å². The van der Waals surface area contributed by atoms with E-state index in [1.54, 1.807) is 13.1 Å². The molecule has 1 atom stereocenters. The van der Waals surface area contributed by atoms with Crippen molar-refractivity contribution in [2.75, 3.05) is 0 Å². The molecule has 1 unspecified atom stereocenters. The van der Waals surface area contributed by atoms with Crippen LogP contribution in [0, 0.1) is 6.92 Å². The second kappa shape index (κ2) is 3.50. The van der Waals surface area contributed by atoms with Crippen molar-refractivity contribution < 1.29 is 5.11 Å². The van der Waals surface area contributed by atoms with Gasteiger partial charge in [0.15, 0.2) is 0 Å². The highest BCUT2D eigenvalue weighted by Crippen LogP contribution is 2.16. The van der Waals surface area contributed by atoms with Gasteiger partial charge in [0.05, 0.1) is 5.69 Å². The summed E-state index contributed by atoms with van der Waals surface area (Å²) in [5, 5.41) is 9.53. The van der Waals surface area contributed by atoms with E-state index in [1.165, 1.54) is 0 Å². The smallest absolute Gasteiger partial charge is 0.116 e. The van der Waals surface area contributed by atoms with Gasteiger partial charge < -0.3 is 5.11 Å². The predicted molar refractivity (Wildman–Crippen MR) is 48.7 cm³/mol. The molecule has 0 spiro atoms. The van der Waals surface area contributed by atoms with Gasteiger partial charge in [-0.3, -0.25) is 4.98 Å². The van der Waals surface area contributed by atoms with Crippen LogP contribution < -0.4 is 0 Å². The van der Waals surface area contributed by atoms with Crippen molar-refractivity contribution in [2.24, 2.45) is 0 Å². The molecule has 1 heterocycles. The molecule has 1 aromatic heterocycles. The summed E-state index contributed by atoms with van der Waals surface area (Å²) in [5.74, 6) is 0. The predicted octanol–water partition coefficient (Wildman–Crippen LogP) is 2.00. The number of aryl methyl sites for hydroxylation is 1. The molecule has 0 aliphatic heterocycles. The summed E-state index contributed by atoms with van der Waals surface area (Å²) < 4.78 is 0. The van der Waals surface area contributed by atoms with Gasteiger partial charge in [0.25, 0.3) is 0 Å². The molecular weight excluding hydrogens is 150 g/mol. The first-order chi connectivity index (χ1) is 5.61. The molecule has 0 bridgehead atoms. The van der Waals surface area contributed by atoms with E-state index in [4.69, 9.17) is 0 Å². The van der Waals surface area contributed by atoms with E-state index in [1.807, 2.05) is 19.1 Å². The third kappa shape index (κ3) is 1.92. The van der Waals surface area contributed by atoms with Crippen molar-refractivity contribution >= 4 is 0 Å². The van der Waals surface area contributed by atoms with E-state index >= 15 is 0 Å². The van der Waals surface area contributed by atoms with Gasteiger partial charge in [0, 0.05) is 6.20 Å². The van der Waals surface area contributed by atoms with Crippen molar-refractivity contribution in [2.45, 2.75) is 20.0 Å². The highest BCUT2D eigenvalue weighted by Gasteiger charge is 2.07. The topological polar surface area (TPSA) is 33.1 Å². The molecule has 0 radical (unpaired) electrons. The minimum absolute atomic E-state index is 0.634. The quantitative estimate of drug-likeness (QED) is 0.676. The molecular formula is C10H13NO. The van der Waals surface area contributed by atoms with Crippen LogP contribution in [0.25, 0.3) is 0 Å². The summed E-state index contributed by atoms with van der Waals surface area (Å²) in [5.41, 5.74) is 2.46. The molecule has 0 saturated heterocycles. The Balaban J connectivity index is 2.89. The van der Waals surface area contributed by atoms with E-state index in [-0.39, 0.29) is 0 Å². The van der Waals surface area contributed by atoms with E-state index in [0.29, 0.717) is 11.3 Å². The molecule has 1 N–H and O–H groups in total. The third-order valence-corrected chi connectivity index (χ3v) is 1.68. The largest absolute Gasteiger partial charge is 0.382 e. The van der Waals surface area contributed by atoms with Gasteiger partial charge in [-0.25, -0.2) is 0 Å². The second-order valence-electron chi connectivity index (χ2n) is 3.01. The lowest BCUT2D eigenvalue weighted by atomic mass is 10.1. The lowest BCUT2D eigenvalue weighted by molar-refractivity contribution is 0.211. The second-order valence-corrected chi connectivity index (χ2v) is 3.01. The van der Waals surface area contributed by atoms with Crippen LogP contribution in [0.15, 0.2) is 30.5 Å². The van der Waals surface area contributed by atoms with E-state index in [2.05, 4.69) is 11.6 Å². The fraction of sp³-hybridized carbons (Fsp3) is 0.300. The van der Waals surface area contributed by atoms with Gasteiger partial charge in [-0.15, -0.1) is 0 Å². The van der Waals surface area contributed by atoms with Gasteiger partial charge in [0.2, 0.25) is 0 Å². The molecule has 0 fully saturated rings. The number of aliphatic hydroxyl groups is 1. The first-order valence-electron chi connectivity index (χ1n) is 3.87. The highest BCUT2D eigenvalue weighted by atomic mass is 16.3. The Hall–Kier alpha value is -1.15. The SMILES string of the molecule is C=C(C)C(O)c1ccc(C)cn1. The number of pyridine rings is 1. The summed E-state index contributed by atoms with van der Waals surface area (Å²) in [4.78, 5) is 4.09. The number of rotatable bonds is 2. The van der Waals surface area contributed by atoms with Gasteiger partial charge in [-0.05, 0) is 31.1 Å². The lowest BCUT2D eigenvalue weighted by Gasteiger charge is -2.08. The fourth-order valence-corrected chi connectivity index (χ4v) is 0.893. The molecule has 12 heavy (non-hydrogen) atoms. The zero-order valence-electron chi connectivity index (χ0n) is 7.41. The first kappa shape index (κ1) is 8.94. The number of nitrogens with zero attached hydrogens (tertiary/aromatic N) is 1. The van der Waals surface area contributed by atoms with Crippen molar-refractivity contribution in [1.82, 2.24) is 4.98 Å². The Labute approximate surface area is 72.6 Å². The molecule has 64 valence electrons. The summed E-state index contributed by atoms with van der Waals surface area (Å²) in [7, 11) is 0. The van der Waals surface area contributed by atoms with Gasteiger partial charge in [-0.2, -0.15) is 0 Å². The van der Waals surface area contributed by atoms with E-state index in [9.17, 15) is 5.11 Å². The Kier molecular flexibility index (Phi) is 2.61. The van der Waals surface area contributed by atoms with Gasteiger partial charge >= 0.3 is 0 Å². The number of hydrogen-bond acceptors (Lipinski definition) is 2. The van der Waals surface area contributed by atoms with Crippen molar-refractivity contribution in [3.8, 4) is 0 Å². The molecule has 2 heteroatoms. The first-order valence-corrected chi connectivity index (χ1v) is 3.87. The van der Waals surface area contributed by atoms with E-state index < -0.39 is 6.10 Å². The molecule has 0 aliphatic carbocycles. The van der Waals surface area contributed by atoms with Crippen molar-refractivity contribution in [3.63, 3.8) is 0 Å². The molecule has 0 amide bonds. The van der Waals surface area contributed by atoms with Gasteiger partial charge in [-0.1, -0.05) is 12.6 Å². The molecule has 0 saturated carbocycles. The molecule has 0 aromatic carbocycles. The molecule has 0 aliphatic rings. The Morgan fingerprint density at radius 2 is 2.25 bits per heavy atom. The van der Waals surface area contributed by atoms with Crippen LogP contribution in [0.5, 0.6) is 0 Å². The van der Waals surface area contributed by atoms with Crippen LogP contribution in [-0.4, -0.2) is 10.1 Å². The monoisotopic (exact) mass is 163 g/mol. The zero-order chi connectivity index (χ0) is 9.14. The molecule has 2 nitrogen and oxygen atoms in total. The normalized spacial score (nSPS) is 12.6. The summed E-state index contributed by atoms with van der Waals surface area (Å²) >= 11 is 0. The fourth-order valence-electron chi connectivity index (χ4n) is 0.893. The number of aromatic nitrogens is 1. The van der Waals surface area contributed by atoms with Crippen LogP contribution in [0.2, 0.25) is 0 Å². The standard InChI is InChI=1S/C10H13NO/c1-7(2)10(12)9-5-4-8(3)6-11-9/h4-6,10,12H,1H2,2-3H3. The van der Waals surface area contributed by atoms with Gasteiger partial charge in [0.1, 0.15) is 6.10 Å². The third-order valence-electron chi connectivity index (χ3n) is 1.68. The van der Waals surface area contributed by atoms with Crippen LogP contribution in [0.3, 0.4) is 0 Å². The summed E-state index contributed by atoms with van der Waals surface area (Å²) in [6.45, 7) is 7.41. The summed E-state index contributed by atoms with van der Waals surface area (Å²) in [6, 6.07) is 3.74. The van der Waals surface area contributed by atoms with Crippen LogP contribution in [0.1, 0.15) is 24.3 Å². The molecule has 1 aromatic rings.